The number of amides is 1. The zero-order valence-electron chi connectivity index (χ0n) is 14.5. The molecular weight excluding hydrogens is 320 g/mol. The highest BCUT2D eigenvalue weighted by atomic mass is 32.1. The first-order valence-electron chi connectivity index (χ1n) is 8.04. The summed E-state index contributed by atoms with van der Waals surface area (Å²) in [6, 6.07) is 10.7. The van der Waals surface area contributed by atoms with E-state index < -0.39 is 4.65 Å². The van der Waals surface area contributed by atoms with Crippen molar-refractivity contribution in [3.8, 4) is 11.1 Å². The lowest BCUT2D eigenvalue weighted by atomic mass is 9.99. The van der Waals surface area contributed by atoms with Gasteiger partial charge in [-0.3, -0.25) is 0 Å². The van der Waals surface area contributed by atoms with Crippen LogP contribution in [0.25, 0.3) is 16.0 Å². The molecular formula is C19H23N2O2S+. The number of aromatic nitrogens is 1. The number of carbonyl (C=O) groups is 1. The minimum atomic E-state index is -0.651. The Morgan fingerprint density at radius 2 is 2.00 bits per heavy atom. The normalized spacial score (nSPS) is 12.2. The van der Waals surface area contributed by atoms with Crippen LogP contribution in [-0.2, 0) is 11.2 Å². The van der Waals surface area contributed by atoms with Crippen LogP contribution in [0.4, 0.5) is 0 Å². The lowest BCUT2D eigenvalue weighted by Crippen LogP contribution is -2.43. The van der Waals surface area contributed by atoms with Crippen LogP contribution in [0.5, 0.6) is 0 Å². The summed E-state index contributed by atoms with van der Waals surface area (Å²) in [6.07, 6.45) is 2.29. The molecule has 4 nitrogen and oxygen atoms in total. The number of hydrogen-bond acceptors (Lipinski definition) is 3. The SMILES string of the molecule is CC(C)c1cccc(-c2cc3scc(CC(=O)[N+](C)(C)O)n3c2)c1. The molecule has 0 atom stereocenters. The highest BCUT2D eigenvalue weighted by molar-refractivity contribution is 7.15. The zero-order valence-corrected chi connectivity index (χ0v) is 15.3. The van der Waals surface area contributed by atoms with E-state index in [0.29, 0.717) is 5.92 Å². The lowest BCUT2D eigenvalue weighted by Gasteiger charge is -2.15. The van der Waals surface area contributed by atoms with Gasteiger partial charge in [0.1, 0.15) is 20.5 Å². The molecule has 0 unspecified atom stereocenters. The van der Waals surface area contributed by atoms with Crippen molar-refractivity contribution in [1.82, 2.24) is 4.40 Å². The Labute approximate surface area is 146 Å². The van der Waals surface area contributed by atoms with E-state index in [4.69, 9.17) is 0 Å². The average molecular weight is 343 g/mol. The van der Waals surface area contributed by atoms with Gasteiger partial charge in [0, 0.05) is 22.8 Å². The van der Waals surface area contributed by atoms with Crippen molar-refractivity contribution in [2.45, 2.75) is 26.2 Å². The highest BCUT2D eigenvalue weighted by Crippen LogP contribution is 2.29. The molecule has 3 rings (SSSR count). The Bertz CT molecular complexity index is 884. The van der Waals surface area contributed by atoms with Crippen LogP contribution < -0.4 is 0 Å². The molecule has 1 amide bonds. The number of rotatable bonds is 4. The number of benzene rings is 1. The molecule has 0 aliphatic rings. The molecule has 0 spiro atoms. The Balaban J connectivity index is 1.95. The monoisotopic (exact) mass is 343 g/mol. The molecule has 0 radical (unpaired) electrons. The maximum atomic E-state index is 12.1. The molecule has 2 aromatic heterocycles. The molecule has 5 heteroatoms. The molecule has 0 saturated carbocycles. The first kappa shape index (κ1) is 16.9. The van der Waals surface area contributed by atoms with Crippen molar-refractivity contribution in [2.24, 2.45) is 0 Å². The molecule has 1 aromatic carbocycles. The molecule has 0 saturated heterocycles. The smallest absolute Gasteiger partial charge is 0.310 e. The summed E-state index contributed by atoms with van der Waals surface area (Å²) in [4.78, 5) is 13.2. The fourth-order valence-electron chi connectivity index (χ4n) is 2.65. The molecule has 126 valence electrons. The van der Waals surface area contributed by atoms with E-state index in [-0.39, 0.29) is 12.3 Å². The summed E-state index contributed by atoms with van der Waals surface area (Å²) >= 11 is 1.61. The third kappa shape index (κ3) is 3.29. The van der Waals surface area contributed by atoms with Crippen LogP contribution in [-0.4, -0.2) is 34.3 Å². The fraction of sp³-hybridized carbons (Fsp3) is 0.316. The average Bonchev–Trinajstić information content (AvgIpc) is 3.08. The second-order valence-electron chi connectivity index (χ2n) is 6.91. The fourth-order valence-corrected chi connectivity index (χ4v) is 3.59. The van der Waals surface area contributed by atoms with Crippen LogP contribution in [0.3, 0.4) is 0 Å². The molecule has 3 aromatic rings. The Kier molecular flexibility index (Phi) is 4.34. The predicted molar refractivity (Wildman–Crippen MR) is 97.4 cm³/mol. The van der Waals surface area contributed by atoms with E-state index in [0.717, 1.165) is 16.1 Å². The molecule has 0 bridgehead atoms. The van der Waals surface area contributed by atoms with Gasteiger partial charge in [-0.05, 0) is 23.1 Å². The Hall–Kier alpha value is -1.95. The molecule has 0 aliphatic carbocycles. The number of likely N-dealkylation sites (N-methyl/N-ethyl adjacent to an activating group) is 1. The van der Waals surface area contributed by atoms with Gasteiger partial charge in [-0.25, -0.2) is 10.0 Å². The van der Waals surface area contributed by atoms with Crippen LogP contribution >= 0.6 is 11.3 Å². The minimum Gasteiger partial charge on any atom is -0.310 e. The summed E-state index contributed by atoms with van der Waals surface area (Å²) in [6.45, 7) is 4.38. The van der Waals surface area contributed by atoms with Gasteiger partial charge in [-0.15, -0.1) is 16.0 Å². The number of quaternary nitrogens is 1. The lowest BCUT2D eigenvalue weighted by molar-refractivity contribution is -1.01. The van der Waals surface area contributed by atoms with Crippen LogP contribution in [0.1, 0.15) is 31.0 Å². The van der Waals surface area contributed by atoms with Crippen molar-refractivity contribution in [2.75, 3.05) is 14.1 Å². The summed E-state index contributed by atoms with van der Waals surface area (Å²) in [5.74, 6) is 0.262. The van der Waals surface area contributed by atoms with E-state index in [1.165, 1.54) is 25.2 Å². The molecule has 0 aliphatic heterocycles. The Morgan fingerprint density at radius 1 is 1.25 bits per heavy atom. The van der Waals surface area contributed by atoms with E-state index in [1.54, 1.807) is 11.3 Å². The van der Waals surface area contributed by atoms with Gasteiger partial charge in [0.25, 0.3) is 0 Å². The number of nitrogens with zero attached hydrogens (tertiary/aromatic N) is 2. The van der Waals surface area contributed by atoms with E-state index in [1.807, 2.05) is 5.38 Å². The number of hydroxylamine groups is 3. The van der Waals surface area contributed by atoms with Gasteiger partial charge >= 0.3 is 5.91 Å². The summed E-state index contributed by atoms with van der Waals surface area (Å²) in [7, 11) is 2.95. The maximum absolute atomic E-state index is 12.1. The molecule has 1 N–H and O–H groups in total. The van der Waals surface area contributed by atoms with E-state index >= 15 is 0 Å². The minimum absolute atomic E-state index is 0.212. The van der Waals surface area contributed by atoms with Gasteiger partial charge in [-0.2, -0.15) is 0 Å². The molecule has 24 heavy (non-hydrogen) atoms. The van der Waals surface area contributed by atoms with E-state index in [9.17, 15) is 10.0 Å². The second kappa shape index (κ2) is 6.16. The van der Waals surface area contributed by atoms with Crippen LogP contribution in [0.2, 0.25) is 0 Å². The first-order valence-corrected chi connectivity index (χ1v) is 8.92. The number of hydrogen-bond donors (Lipinski definition) is 1. The number of fused-ring (bicyclic) bond motifs is 1. The van der Waals surface area contributed by atoms with Gasteiger partial charge < -0.3 is 4.40 Å². The standard InChI is InChI=1S/C19H23N2O2S/c1-13(2)14-6-5-7-15(8-14)16-9-18-20(11-16)17(12-24-18)10-19(22)21(3,4)23/h5-9,11-13,23H,10H2,1-4H3/q+1. The van der Waals surface area contributed by atoms with Crippen molar-refractivity contribution in [3.05, 3.63) is 53.2 Å². The maximum Gasteiger partial charge on any atom is 0.351 e. The third-order valence-electron chi connectivity index (χ3n) is 4.24. The summed E-state index contributed by atoms with van der Waals surface area (Å²) in [5.41, 5.74) is 4.56. The highest BCUT2D eigenvalue weighted by Gasteiger charge is 2.25. The number of carbonyl (C=O) groups excluding carboxylic acids is 1. The van der Waals surface area contributed by atoms with Crippen molar-refractivity contribution < 1.29 is 14.6 Å². The molecule has 0 fully saturated rings. The second-order valence-corrected chi connectivity index (χ2v) is 7.80. The summed E-state index contributed by atoms with van der Waals surface area (Å²) < 4.78 is 1.40. The van der Waals surface area contributed by atoms with Gasteiger partial charge in [0.15, 0.2) is 0 Å². The Morgan fingerprint density at radius 3 is 2.67 bits per heavy atom. The van der Waals surface area contributed by atoms with E-state index in [2.05, 4.69) is 54.8 Å². The largest absolute Gasteiger partial charge is 0.351 e. The topological polar surface area (TPSA) is 41.7 Å². The van der Waals surface area contributed by atoms with Crippen molar-refractivity contribution in [3.63, 3.8) is 0 Å². The number of thiazole rings is 1. The summed E-state index contributed by atoms with van der Waals surface area (Å²) in [5, 5.41) is 11.8. The van der Waals surface area contributed by atoms with Gasteiger partial charge in [0.2, 0.25) is 0 Å². The third-order valence-corrected chi connectivity index (χ3v) is 5.19. The molecule has 2 heterocycles. The van der Waals surface area contributed by atoms with Crippen LogP contribution in [0.15, 0.2) is 41.9 Å². The zero-order chi connectivity index (χ0) is 17.5. The van der Waals surface area contributed by atoms with Gasteiger partial charge in [0.05, 0.1) is 4.83 Å². The van der Waals surface area contributed by atoms with Crippen molar-refractivity contribution >= 4 is 22.1 Å². The predicted octanol–water partition coefficient (Wildman–Crippen LogP) is 4.33. The first-order chi connectivity index (χ1) is 11.3. The van der Waals surface area contributed by atoms with Crippen molar-refractivity contribution in [1.29, 1.82) is 0 Å². The van der Waals surface area contributed by atoms with Gasteiger partial charge in [-0.1, -0.05) is 38.1 Å². The van der Waals surface area contributed by atoms with Crippen LogP contribution in [0, 0.1) is 0 Å². The quantitative estimate of drug-likeness (QED) is 0.435.